The topological polar surface area (TPSA) is 32.3 Å². The molecule has 1 unspecified atom stereocenters. The Morgan fingerprint density at radius 3 is 2.33 bits per heavy atom. The summed E-state index contributed by atoms with van der Waals surface area (Å²) in [6, 6.07) is 2.10. The van der Waals surface area contributed by atoms with Gasteiger partial charge in [-0.25, -0.2) is 8.78 Å². The molecule has 0 heterocycles. The maximum atomic E-state index is 12.9. The first-order valence-corrected chi connectivity index (χ1v) is 5.08. The molecule has 0 aliphatic rings. The van der Waals surface area contributed by atoms with Gasteiger partial charge in [-0.3, -0.25) is 0 Å². The van der Waals surface area contributed by atoms with Crippen molar-refractivity contribution in [2.24, 2.45) is 0 Å². The van der Waals surface area contributed by atoms with Crippen molar-refractivity contribution in [1.82, 2.24) is 0 Å². The summed E-state index contributed by atoms with van der Waals surface area (Å²) < 4.78 is 25.9. The van der Waals surface area contributed by atoms with Gasteiger partial charge in [0, 0.05) is 12.2 Å². The minimum Gasteiger partial charge on any atom is -0.390 e. The summed E-state index contributed by atoms with van der Waals surface area (Å²) in [5.74, 6) is -1.65. The summed E-state index contributed by atoms with van der Waals surface area (Å²) in [4.78, 5) is 0. The largest absolute Gasteiger partial charge is 0.390 e. The lowest BCUT2D eigenvalue weighted by Crippen LogP contribution is -2.20. The van der Waals surface area contributed by atoms with Crippen LogP contribution in [0.4, 0.5) is 14.5 Å². The molecule has 0 aliphatic heterocycles. The Morgan fingerprint density at radius 1 is 1.33 bits per heavy atom. The van der Waals surface area contributed by atoms with Gasteiger partial charge in [0.15, 0.2) is 0 Å². The highest BCUT2D eigenvalue weighted by Crippen LogP contribution is 2.22. The predicted octanol–water partition coefficient (Wildman–Crippen LogP) is 2.63. The van der Waals surface area contributed by atoms with Gasteiger partial charge in [-0.15, -0.1) is 11.6 Å². The van der Waals surface area contributed by atoms with Crippen LogP contribution in [0, 0.1) is 11.6 Å². The first kappa shape index (κ1) is 12.5. The van der Waals surface area contributed by atoms with Crippen LogP contribution in [0.5, 0.6) is 0 Å². The predicted molar refractivity (Wildman–Crippen MR) is 56.6 cm³/mol. The Kier molecular flexibility index (Phi) is 4.57. The average molecular weight is 256 g/mol. The normalized spacial score (nSPS) is 12.6. The van der Waals surface area contributed by atoms with Crippen molar-refractivity contribution in [3.05, 3.63) is 28.8 Å². The van der Waals surface area contributed by atoms with E-state index in [1.165, 1.54) is 0 Å². The van der Waals surface area contributed by atoms with Crippen LogP contribution in [0.1, 0.15) is 0 Å². The van der Waals surface area contributed by atoms with Crippen LogP contribution >= 0.6 is 23.2 Å². The van der Waals surface area contributed by atoms with E-state index >= 15 is 0 Å². The Hall–Kier alpha value is -0.580. The van der Waals surface area contributed by atoms with Gasteiger partial charge in [-0.05, 0) is 12.1 Å². The van der Waals surface area contributed by atoms with E-state index in [9.17, 15) is 8.78 Å². The maximum Gasteiger partial charge on any atom is 0.146 e. The summed E-state index contributed by atoms with van der Waals surface area (Å²) >= 11 is 10.6. The molecular weight excluding hydrogens is 247 g/mol. The van der Waals surface area contributed by atoms with Gasteiger partial charge >= 0.3 is 0 Å². The van der Waals surface area contributed by atoms with Crippen molar-refractivity contribution in [3.8, 4) is 0 Å². The quantitative estimate of drug-likeness (QED) is 0.641. The SMILES string of the molecule is OC(CCl)CNc1cc(F)c(Cl)c(F)c1. The van der Waals surface area contributed by atoms with E-state index in [1.807, 2.05) is 0 Å². The fourth-order valence-electron chi connectivity index (χ4n) is 0.948. The Labute approximate surface area is 95.8 Å². The minimum absolute atomic E-state index is 0.0472. The first-order chi connectivity index (χ1) is 7.04. The molecule has 2 N–H and O–H groups in total. The molecule has 0 aliphatic carbocycles. The van der Waals surface area contributed by atoms with Gasteiger partial charge < -0.3 is 10.4 Å². The lowest BCUT2D eigenvalue weighted by atomic mass is 10.3. The molecule has 0 fully saturated rings. The van der Waals surface area contributed by atoms with Crippen LogP contribution in [-0.2, 0) is 0 Å². The van der Waals surface area contributed by atoms with Crippen LogP contribution < -0.4 is 5.32 Å². The first-order valence-electron chi connectivity index (χ1n) is 4.17. The number of hydrogen-bond acceptors (Lipinski definition) is 2. The number of rotatable bonds is 4. The van der Waals surface area contributed by atoms with Crippen LogP contribution in [0.2, 0.25) is 5.02 Å². The van der Waals surface area contributed by atoms with Crippen LogP contribution in [0.15, 0.2) is 12.1 Å². The van der Waals surface area contributed by atoms with Crippen LogP contribution in [0.3, 0.4) is 0 Å². The minimum atomic E-state index is -0.848. The lowest BCUT2D eigenvalue weighted by molar-refractivity contribution is 0.211. The molecular formula is C9H9Cl2F2NO. The number of alkyl halides is 1. The van der Waals surface area contributed by atoms with Crippen molar-refractivity contribution in [3.63, 3.8) is 0 Å². The standard InChI is InChI=1S/C9H9Cl2F2NO/c10-3-6(15)4-14-5-1-7(12)9(11)8(13)2-5/h1-2,6,14-15H,3-4H2. The summed E-state index contributed by atoms with van der Waals surface area (Å²) in [5, 5.41) is 11.2. The van der Waals surface area contributed by atoms with Gasteiger partial charge in [-0.1, -0.05) is 11.6 Å². The van der Waals surface area contributed by atoms with E-state index in [-0.39, 0.29) is 18.1 Å². The molecule has 0 saturated heterocycles. The molecule has 15 heavy (non-hydrogen) atoms. The molecule has 1 atom stereocenters. The molecule has 1 aromatic carbocycles. The lowest BCUT2D eigenvalue weighted by Gasteiger charge is -2.10. The monoisotopic (exact) mass is 255 g/mol. The van der Waals surface area contributed by atoms with Crippen LogP contribution in [0.25, 0.3) is 0 Å². The van der Waals surface area contributed by atoms with Crippen molar-refractivity contribution in [2.45, 2.75) is 6.10 Å². The van der Waals surface area contributed by atoms with E-state index in [0.717, 1.165) is 12.1 Å². The van der Waals surface area contributed by atoms with E-state index < -0.39 is 22.8 Å². The Bertz CT molecular complexity index is 326. The van der Waals surface area contributed by atoms with Crippen LogP contribution in [-0.4, -0.2) is 23.6 Å². The molecule has 0 aromatic heterocycles. The molecule has 0 spiro atoms. The van der Waals surface area contributed by atoms with Crippen molar-refractivity contribution in [1.29, 1.82) is 0 Å². The fraction of sp³-hybridized carbons (Fsp3) is 0.333. The van der Waals surface area contributed by atoms with Gasteiger partial charge in [0.1, 0.15) is 16.7 Å². The summed E-state index contributed by atoms with van der Waals surface area (Å²) in [6.45, 7) is 0.115. The van der Waals surface area contributed by atoms with Crippen molar-refractivity contribution < 1.29 is 13.9 Å². The summed E-state index contributed by atoms with van der Waals surface area (Å²) in [5.41, 5.74) is 0.207. The van der Waals surface area contributed by atoms with E-state index in [2.05, 4.69) is 5.32 Å². The van der Waals surface area contributed by atoms with Crippen molar-refractivity contribution >= 4 is 28.9 Å². The third-order valence-electron chi connectivity index (χ3n) is 1.70. The highest BCUT2D eigenvalue weighted by molar-refractivity contribution is 6.30. The molecule has 0 radical (unpaired) electrons. The molecule has 0 amide bonds. The zero-order valence-electron chi connectivity index (χ0n) is 7.61. The molecule has 0 bridgehead atoms. The fourth-order valence-corrected chi connectivity index (χ4v) is 1.17. The van der Waals surface area contributed by atoms with Gasteiger partial charge in [0.05, 0.1) is 12.0 Å². The maximum absolute atomic E-state index is 12.9. The highest BCUT2D eigenvalue weighted by atomic mass is 35.5. The third kappa shape index (κ3) is 3.48. The van der Waals surface area contributed by atoms with Gasteiger partial charge in [-0.2, -0.15) is 0 Å². The number of anilines is 1. The molecule has 6 heteroatoms. The molecule has 1 aromatic rings. The van der Waals surface area contributed by atoms with E-state index in [0.29, 0.717) is 0 Å². The summed E-state index contributed by atoms with van der Waals surface area (Å²) in [6.07, 6.45) is -0.770. The Balaban J connectivity index is 2.70. The highest BCUT2D eigenvalue weighted by Gasteiger charge is 2.09. The number of halogens is 4. The van der Waals surface area contributed by atoms with E-state index in [1.54, 1.807) is 0 Å². The number of benzene rings is 1. The van der Waals surface area contributed by atoms with Gasteiger partial charge in [0.25, 0.3) is 0 Å². The van der Waals surface area contributed by atoms with Crippen molar-refractivity contribution in [2.75, 3.05) is 17.7 Å². The smallest absolute Gasteiger partial charge is 0.146 e. The number of aliphatic hydroxyl groups is 1. The molecule has 2 nitrogen and oxygen atoms in total. The zero-order valence-corrected chi connectivity index (χ0v) is 9.12. The third-order valence-corrected chi connectivity index (χ3v) is 2.42. The second-order valence-corrected chi connectivity index (χ2v) is 3.63. The molecule has 0 saturated carbocycles. The molecule has 1 rings (SSSR count). The molecule has 84 valence electrons. The number of aliphatic hydroxyl groups excluding tert-OH is 1. The Morgan fingerprint density at radius 2 is 1.87 bits per heavy atom. The zero-order chi connectivity index (χ0) is 11.4. The number of nitrogens with one attached hydrogen (secondary N) is 1. The average Bonchev–Trinajstić information content (AvgIpc) is 2.22. The second-order valence-electron chi connectivity index (χ2n) is 2.94. The van der Waals surface area contributed by atoms with Gasteiger partial charge in [0.2, 0.25) is 0 Å². The summed E-state index contributed by atoms with van der Waals surface area (Å²) in [7, 11) is 0. The van der Waals surface area contributed by atoms with E-state index in [4.69, 9.17) is 28.3 Å². The second kappa shape index (κ2) is 5.49. The number of hydrogen-bond donors (Lipinski definition) is 2.